The van der Waals surface area contributed by atoms with Crippen molar-refractivity contribution in [3.05, 3.63) is 77.1 Å². The van der Waals surface area contributed by atoms with Crippen molar-refractivity contribution in [1.82, 2.24) is 25.5 Å². The van der Waals surface area contributed by atoms with Crippen LogP contribution in [0.1, 0.15) is 48.3 Å². The first-order chi connectivity index (χ1) is 12.8. The van der Waals surface area contributed by atoms with Crippen molar-refractivity contribution in [3.63, 3.8) is 0 Å². The molecular formula is C20H26N6. The Morgan fingerprint density at radius 1 is 1.08 bits per heavy atom. The van der Waals surface area contributed by atoms with Crippen molar-refractivity contribution < 1.29 is 0 Å². The second-order valence-electron chi connectivity index (χ2n) is 6.36. The molecule has 0 spiro atoms. The molecule has 0 saturated heterocycles. The Kier molecular flexibility index (Phi) is 6.46. The molecule has 136 valence electrons. The number of benzene rings is 2. The van der Waals surface area contributed by atoms with Gasteiger partial charge in [-0.25, -0.2) is 4.68 Å². The molecule has 3 aromatic rings. The SMILES string of the molecule is CCCCn1nnnc1C(NCc1cccc(CN)c1)c1ccccc1. The van der Waals surface area contributed by atoms with E-state index < -0.39 is 0 Å². The molecule has 3 rings (SSSR count). The number of nitrogens with two attached hydrogens (primary N) is 1. The molecular weight excluding hydrogens is 324 g/mol. The van der Waals surface area contributed by atoms with E-state index in [9.17, 15) is 0 Å². The number of aryl methyl sites for hydroxylation is 1. The Morgan fingerprint density at radius 3 is 2.65 bits per heavy atom. The fourth-order valence-corrected chi connectivity index (χ4v) is 2.98. The number of hydrogen-bond donors (Lipinski definition) is 2. The average Bonchev–Trinajstić information content (AvgIpc) is 3.16. The summed E-state index contributed by atoms with van der Waals surface area (Å²) in [5.41, 5.74) is 9.24. The van der Waals surface area contributed by atoms with Crippen molar-refractivity contribution in [3.8, 4) is 0 Å². The molecule has 0 aliphatic carbocycles. The first-order valence-corrected chi connectivity index (χ1v) is 9.14. The fourth-order valence-electron chi connectivity index (χ4n) is 2.98. The summed E-state index contributed by atoms with van der Waals surface area (Å²) >= 11 is 0. The first-order valence-electron chi connectivity index (χ1n) is 9.14. The average molecular weight is 350 g/mol. The Morgan fingerprint density at radius 2 is 1.88 bits per heavy atom. The van der Waals surface area contributed by atoms with Gasteiger partial charge in [0.2, 0.25) is 0 Å². The Hall–Kier alpha value is -2.57. The third-order valence-electron chi connectivity index (χ3n) is 4.41. The van der Waals surface area contributed by atoms with E-state index in [-0.39, 0.29) is 6.04 Å². The van der Waals surface area contributed by atoms with Crippen LogP contribution >= 0.6 is 0 Å². The summed E-state index contributed by atoms with van der Waals surface area (Å²) in [6.45, 7) is 4.26. The third-order valence-corrected chi connectivity index (χ3v) is 4.41. The fraction of sp³-hybridized carbons (Fsp3) is 0.350. The number of nitrogens with zero attached hydrogens (tertiary/aromatic N) is 4. The van der Waals surface area contributed by atoms with Crippen molar-refractivity contribution in [2.24, 2.45) is 5.73 Å². The van der Waals surface area contributed by atoms with Gasteiger partial charge >= 0.3 is 0 Å². The highest BCUT2D eigenvalue weighted by molar-refractivity contribution is 5.26. The van der Waals surface area contributed by atoms with Gasteiger partial charge in [-0.05, 0) is 33.5 Å². The maximum atomic E-state index is 5.76. The molecule has 1 unspecified atom stereocenters. The lowest BCUT2D eigenvalue weighted by Gasteiger charge is -2.19. The van der Waals surface area contributed by atoms with Crippen molar-refractivity contribution in [2.45, 2.75) is 45.4 Å². The molecule has 0 saturated carbocycles. The van der Waals surface area contributed by atoms with E-state index in [1.165, 1.54) is 5.56 Å². The molecule has 0 bridgehead atoms. The molecule has 2 aromatic carbocycles. The molecule has 3 N–H and O–H groups in total. The summed E-state index contributed by atoms with van der Waals surface area (Å²) in [7, 11) is 0. The lowest BCUT2D eigenvalue weighted by Crippen LogP contribution is -2.26. The van der Waals surface area contributed by atoms with Gasteiger partial charge in [0.15, 0.2) is 5.82 Å². The number of aromatic nitrogens is 4. The Balaban J connectivity index is 1.83. The zero-order valence-corrected chi connectivity index (χ0v) is 15.2. The zero-order chi connectivity index (χ0) is 18.2. The Labute approximate surface area is 154 Å². The van der Waals surface area contributed by atoms with Crippen LogP contribution in [0.4, 0.5) is 0 Å². The van der Waals surface area contributed by atoms with Crippen LogP contribution in [-0.4, -0.2) is 20.2 Å². The minimum absolute atomic E-state index is 0.0652. The van der Waals surface area contributed by atoms with E-state index in [0.717, 1.165) is 36.3 Å². The van der Waals surface area contributed by atoms with Gasteiger partial charge < -0.3 is 5.73 Å². The van der Waals surface area contributed by atoms with Gasteiger partial charge in [-0.2, -0.15) is 0 Å². The van der Waals surface area contributed by atoms with Gasteiger partial charge in [-0.3, -0.25) is 5.32 Å². The highest BCUT2D eigenvalue weighted by Gasteiger charge is 2.20. The monoisotopic (exact) mass is 350 g/mol. The summed E-state index contributed by atoms with van der Waals surface area (Å²) in [4.78, 5) is 0. The van der Waals surface area contributed by atoms with E-state index in [1.54, 1.807) is 0 Å². The molecule has 6 nitrogen and oxygen atoms in total. The first kappa shape index (κ1) is 18.2. The van der Waals surface area contributed by atoms with Gasteiger partial charge in [0, 0.05) is 19.6 Å². The quantitative estimate of drug-likeness (QED) is 0.620. The van der Waals surface area contributed by atoms with Gasteiger partial charge in [0.25, 0.3) is 0 Å². The topological polar surface area (TPSA) is 81.7 Å². The maximum Gasteiger partial charge on any atom is 0.172 e. The highest BCUT2D eigenvalue weighted by Crippen LogP contribution is 2.21. The van der Waals surface area contributed by atoms with Crippen molar-refractivity contribution in [2.75, 3.05) is 0 Å². The van der Waals surface area contributed by atoms with Gasteiger partial charge in [-0.15, -0.1) is 5.10 Å². The molecule has 26 heavy (non-hydrogen) atoms. The summed E-state index contributed by atoms with van der Waals surface area (Å²) in [6.07, 6.45) is 2.16. The maximum absolute atomic E-state index is 5.76. The van der Waals surface area contributed by atoms with E-state index >= 15 is 0 Å². The van der Waals surface area contributed by atoms with E-state index in [2.05, 4.69) is 52.0 Å². The zero-order valence-electron chi connectivity index (χ0n) is 15.2. The summed E-state index contributed by atoms with van der Waals surface area (Å²) < 4.78 is 1.91. The second kappa shape index (κ2) is 9.22. The van der Waals surface area contributed by atoms with Crippen molar-refractivity contribution in [1.29, 1.82) is 0 Å². The lowest BCUT2D eigenvalue weighted by molar-refractivity contribution is 0.488. The molecule has 1 atom stereocenters. The van der Waals surface area contributed by atoms with Crippen molar-refractivity contribution >= 4 is 0 Å². The van der Waals surface area contributed by atoms with Crippen LogP contribution < -0.4 is 11.1 Å². The molecule has 1 heterocycles. The molecule has 1 aromatic heterocycles. The summed E-state index contributed by atoms with van der Waals surface area (Å²) in [6, 6.07) is 18.6. The van der Waals surface area contributed by atoms with Crippen LogP contribution in [0, 0.1) is 0 Å². The largest absolute Gasteiger partial charge is 0.326 e. The van der Waals surface area contributed by atoms with Crippen LogP contribution in [-0.2, 0) is 19.6 Å². The van der Waals surface area contributed by atoms with Crippen LogP contribution in [0.3, 0.4) is 0 Å². The van der Waals surface area contributed by atoms with Crippen LogP contribution in [0.15, 0.2) is 54.6 Å². The summed E-state index contributed by atoms with van der Waals surface area (Å²) in [5, 5.41) is 16.0. The standard InChI is InChI=1S/C20H26N6/c1-2-3-12-26-20(23-24-25-26)19(18-10-5-4-6-11-18)22-15-17-9-7-8-16(13-17)14-21/h4-11,13,19,22H,2-3,12,14-15,21H2,1H3. The Bertz CT molecular complexity index is 799. The predicted octanol–water partition coefficient (Wildman–Crippen LogP) is 2.81. The molecule has 0 aliphatic heterocycles. The van der Waals surface area contributed by atoms with Gasteiger partial charge in [-0.1, -0.05) is 67.9 Å². The van der Waals surface area contributed by atoms with Gasteiger partial charge in [0.1, 0.15) is 0 Å². The smallest absolute Gasteiger partial charge is 0.172 e. The number of tetrazole rings is 1. The highest BCUT2D eigenvalue weighted by atomic mass is 15.5. The lowest BCUT2D eigenvalue weighted by atomic mass is 10.0. The number of unbranched alkanes of at least 4 members (excludes halogenated alkanes) is 1. The predicted molar refractivity (Wildman–Crippen MR) is 102 cm³/mol. The minimum atomic E-state index is -0.0652. The summed E-state index contributed by atoms with van der Waals surface area (Å²) in [5.74, 6) is 0.847. The van der Waals surface area contributed by atoms with Crippen LogP contribution in [0.5, 0.6) is 0 Å². The number of nitrogens with one attached hydrogen (secondary N) is 1. The number of hydrogen-bond acceptors (Lipinski definition) is 5. The molecule has 0 radical (unpaired) electrons. The molecule has 0 aliphatic rings. The van der Waals surface area contributed by atoms with Crippen LogP contribution in [0.2, 0.25) is 0 Å². The van der Waals surface area contributed by atoms with E-state index in [1.807, 2.05) is 35.0 Å². The normalized spacial score (nSPS) is 12.2. The molecule has 6 heteroatoms. The third kappa shape index (κ3) is 4.53. The minimum Gasteiger partial charge on any atom is -0.326 e. The molecule has 0 fully saturated rings. The molecule has 0 amide bonds. The van der Waals surface area contributed by atoms with Crippen LogP contribution in [0.25, 0.3) is 0 Å². The van der Waals surface area contributed by atoms with E-state index in [4.69, 9.17) is 5.73 Å². The van der Waals surface area contributed by atoms with Gasteiger partial charge in [0.05, 0.1) is 6.04 Å². The number of rotatable bonds is 9. The van der Waals surface area contributed by atoms with E-state index in [0.29, 0.717) is 13.1 Å². The second-order valence-corrected chi connectivity index (χ2v) is 6.36.